The van der Waals surface area contributed by atoms with E-state index in [0.29, 0.717) is 6.42 Å². The van der Waals surface area contributed by atoms with E-state index in [1.54, 1.807) is 0 Å². The number of alkyl halides is 3. The number of anilines is 1. The highest BCUT2D eigenvalue weighted by atomic mass is 35.6. The van der Waals surface area contributed by atoms with E-state index in [1.807, 2.05) is 56.3 Å². The van der Waals surface area contributed by atoms with E-state index in [1.165, 1.54) is 0 Å². The molecular formula is C18H20Cl3N3OS. The third-order valence-electron chi connectivity index (χ3n) is 3.54. The lowest BCUT2D eigenvalue weighted by Crippen LogP contribution is -2.56. The summed E-state index contributed by atoms with van der Waals surface area (Å²) in [5.41, 5.74) is 0.817. The first-order valence-corrected chi connectivity index (χ1v) is 9.62. The molecule has 3 N–H and O–H groups in total. The second-order valence-electron chi connectivity index (χ2n) is 6.27. The van der Waals surface area contributed by atoms with Crippen LogP contribution in [0, 0.1) is 5.92 Å². The molecule has 0 aliphatic heterocycles. The fourth-order valence-electron chi connectivity index (χ4n) is 2.41. The average molecular weight is 433 g/mol. The van der Waals surface area contributed by atoms with Gasteiger partial charge in [0.2, 0.25) is 9.70 Å². The molecule has 0 fully saturated rings. The van der Waals surface area contributed by atoms with Crippen molar-refractivity contribution in [2.45, 2.75) is 30.2 Å². The molecule has 2 aromatic carbocycles. The van der Waals surface area contributed by atoms with Crippen LogP contribution in [0.2, 0.25) is 0 Å². The number of fused-ring (bicyclic) bond motifs is 1. The predicted molar refractivity (Wildman–Crippen MR) is 115 cm³/mol. The normalized spacial score (nSPS) is 12.7. The summed E-state index contributed by atoms with van der Waals surface area (Å²) >= 11 is 23.3. The van der Waals surface area contributed by atoms with E-state index in [0.717, 1.165) is 16.5 Å². The van der Waals surface area contributed by atoms with Crippen molar-refractivity contribution in [3.63, 3.8) is 0 Å². The molecule has 1 unspecified atom stereocenters. The molecule has 0 aromatic heterocycles. The Hall–Kier alpha value is -1.27. The molecule has 2 aromatic rings. The summed E-state index contributed by atoms with van der Waals surface area (Å²) in [5, 5.41) is 10.9. The SMILES string of the molecule is CC(C)CC(=O)NC(NC(=S)Nc1cccc2ccccc12)C(Cl)(Cl)Cl. The molecule has 2 rings (SSSR count). The van der Waals surface area contributed by atoms with Gasteiger partial charge in [-0.1, -0.05) is 85.0 Å². The van der Waals surface area contributed by atoms with Gasteiger partial charge in [-0.25, -0.2) is 0 Å². The molecule has 1 atom stereocenters. The number of hydrogen-bond acceptors (Lipinski definition) is 2. The molecule has 0 bridgehead atoms. The number of benzene rings is 2. The van der Waals surface area contributed by atoms with Crippen LogP contribution in [-0.4, -0.2) is 21.0 Å². The van der Waals surface area contributed by atoms with E-state index < -0.39 is 9.96 Å². The molecule has 140 valence electrons. The van der Waals surface area contributed by atoms with E-state index in [-0.39, 0.29) is 16.9 Å². The maximum atomic E-state index is 12.0. The van der Waals surface area contributed by atoms with Gasteiger partial charge in [-0.15, -0.1) is 0 Å². The highest BCUT2D eigenvalue weighted by molar-refractivity contribution is 7.80. The summed E-state index contributed by atoms with van der Waals surface area (Å²) in [4.78, 5) is 12.0. The number of rotatable bonds is 5. The van der Waals surface area contributed by atoms with Gasteiger partial charge in [-0.05, 0) is 29.6 Å². The summed E-state index contributed by atoms with van der Waals surface area (Å²) in [5.74, 6) is -0.0384. The molecular weight excluding hydrogens is 413 g/mol. The lowest BCUT2D eigenvalue weighted by atomic mass is 10.1. The smallest absolute Gasteiger partial charge is 0.228 e. The quantitative estimate of drug-likeness (QED) is 0.354. The third kappa shape index (κ3) is 6.16. The van der Waals surface area contributed by atoms with E-state index in [2.05, 4.69) is 16.0 Å². The molecule has 0 spiro atoms. The maximum Gasteiger partial charge on any atom is 0.228 e. The molecule has 0 radical (unpaired) electrons. The minimum atomic E-state index is -1.77. The zero-order chi connectivity index (χ0) is 19.3. The lowest BCUT2D eigenvalue weighted by Gasteiger charge is -2.28. The summed E-state index contributed by atoms with van der Waals surface area (Å²) in [6.07, 6.45) is -0.642. The molecule has 1 amide bonds. The Labute approximate surface area is 173 Å². The van der Waals surface area contributed by atoms with Gasteiger partial charge in [0.1, 0.15) is 6.17 Å². The highest BCUT2D eigenvalue weighted by Crippen LogP contribution is 2.29. The number of thiocarbonyl (C=S) groups is 1. The van der Waals surface area contributed by atoms with E-state index >= 15 is 0 Å². The standard InChI is InChI=1S/C18H20Cl3N3OS/c1-11(2)10-15(25)23-16(18(19,20)21)24-17(26)22-14-9-5-7-12-6-3-4-8-13(12)14/h3-9,11,16H,10H2,1-2H3,(H,23,25)(H2,22,24,26). The fourth-order valence-corrected chi connectivity index (χ4v) is 2.97. The lowest BCUT2D eigenvalue weighted by molar-refractivity contribution is -0.122. The van der Waals surface area contributed by atoms with Crippen LogP contribution in [0.25, 0.3) is 10.8 Å². The Kier molecular flexibility index (Phi) is 7.35. The number of halogens is 3. The summed E-state index contributed by atoms with van der Waals surface area (Å²) in [6.45, 7) is 3.87. The van der Waals surface area contributed by atoms with Gasteiger partial charge in [-0.2, -0.15) is 0 Å². The first kappa shape index (κ1) is 21.0. The Balaban J connectivity index is 2.10. The molecule has 0 heterocycles. The predicted octanol–water partition coefficient (Wildman–Crippen LogP) is 4.98. The fraction of sp³-hybridized carbons (Fsp3) is 0.333. The molecule has 26 heavy (non-hydrogen) atoms. The van der Waals surface area contributed by atoms with Crippen molar-refractivity contribution in [2.24, 2.45) is 5.92 Å². The van der Waals surface area contributed by atoms with Crippen LogP contribution in [0.1, 0.15) is 20.3 Å². The molecule has 0 aliphatic rings. The zero-order valence-corrected chi connectivity index (χ0v) is 17.4. The summed E-state index contributed by atoms with van der Waals surface area (Å²) in [7, 11) is 0. The number of nitrogens with one attached hydrogen (secondary N) is 3. The number of amides is 1. The van der Waals surface area contributed by atoms with Crippen LogP contribution >= 0.6 is 47.0 Å². The second kappa shape index (κ2) is 9.09. The Morgan fingerprint density at radius 3 is 2.38 bits per heavy atom. The van der Waals surface area contributed by atoms with Crippen molar-refractivity contribution in [1.29, 1.82) is 0 Å². The summed E-state index contributed by atoms with van der Waals surface area (Å²) in [6, 6.07) is 13.7. The van der Waals surface area contributed by atoms with Gasteiger partial charge in [0.25, 0.3) is 0 Å². The van der Waals surface area contributed by atoms with Crippen molar-refractivity contribution >= 4 is 74.5 Å². The van der Waals surface area contributed by atoms with Gasteiger partial charge in [-0.3, -0.25) is 4.79 Å². The van der Waals surface area contributed by atoms with Crippen molar-refractivity contribution in [2.75, 3.05) is 5.32 Å². The Bertz CT molecular complexity index is 787. The third-order valence-corrected chi connectivity index (χ3v) is 4.41. The van der Waals surface area contributed by atoms with Crippen molar-refractivity contribution in [3.8, 4) is 0 Å². The van der Waals surface area contributed by atoms with Gasteiger partial charge in [0, 0.05) is 17.5 Å². The van der Waals surface area contributed by atoms with Crippen LogP contribution in [0.4, 0.5) is 5.69 Å². The monoisotopic (exact) mass is 431 g/mol. The highest BCUT2D eigenvalue weighted by Gasteiger charge is 2.34. The van der Waals surface area contributed by atoms with E-state index in [9.17, 15) is 4.79 Å². The van der Waals surface area contributed by atoms with Crippen LogP contribution in [0.3, 0.4) is 0 Å². The largest absolute Gasteiger partial charge is 0.339 e. The molecule has 4 nitrogen and oxygen atoms in total. The first-order chi connectivity index (χ1) is 12.2. The van der Waals surface area contributed by atoms with Crippen LogP contribution in [0.15, 0.2) is 42.5 Å². The Morgan fingerprint density at radius 1 is 1.08 bits per heavy atom. The van der Waals surface area contributed by atoms with Gasteiger partial charge < -0.3 is 16.0 Å². The first-order valence-electron chi connectivity index (χ1n) is 8.08. The molecule has 0 aliphatic carbocycles. The minimum Gasteiger partial charge on any atom is -0.339 e. The van der Waals surface area contributed by atoms with Crippen LogP contribution < -0.4 is 16.0 Å². The van der Waals surface area contributed by atoms with E-state index in [4.69, 9.17) is 47.0 Å². The second-order valence-corrected chi connectivity index (χ2v) is 9.04. The van der Waals surface area contributed by atoms with Crippen molar-refractivity contribution < 1.29 is 4.79 Å². The van der Waals surface area contributed by atoms with Crippen molar-refractivity contribution in [3.05, 3.63) is 42.5 Å². The molecule has 8 heteroatoms. The zero-order valence-electron chi connectivity index (χ0n) is 14.4. The van der Waals surface area contributed by atoms with Crippen LogP contribution in [0.5, 0.6) is 0 Å². The number of carbonyl (C=O) groups is 1. The molecule has 0 saturated carbocycles. The number of hydrogen-bond donors (Lipinski definition) is 3. The van der Waals surface area contributed by atoms with Crippen LogP contribution in [-0.2, 0) is 4.79 Å². The maximum absolute atomic E-state index is 12.0. The Morgan fingerprint density at radius 2 is 1.73 bits per heavy atom. The summed E-state index contributed by atoms with van der Waals surface area (Å²) < 4.78 is -1.77. The van der Waals surface area contributed by atoms with Crippen molar-refractivity contribution in [1.82, 2.24) is 10.6 Å². The van der Waals surface area contributed by atoms with Gasteiger partial charge in [0.05, 0.1) is 0 Å². The molecule has 0 saturated heterocycles. The minimum absolute atomic E-state index is 0.187. The topological polar surface area (TPSA) is 53.2 Å². The average Bonchev–Trinajstić information content (AvgIpc) is 2.53. The van der Waals surface area contributed by atoms with Gasteiger partial charge in [0.15, 0.2) is 5.11 Å². The number of carbonyl (C=O) groups excluding carboxylic acids is 1. The van der Waals surface area contributed by atoms with Gasteiger partial charge >= 0.3 is 0 Å².